The number of rotatable bonds is 3. The maximum Gasteiger partial charge on any atom is 0.142 e. The average molecular weight is 282 g/mol. The van der Waals surface area contributed by atoms with Crippen molar-refractivity contribution in [3.8, 4) is 22.9 Å². The third-order valence-electron chi connectivity index (χ3n) is 3.76. The highest BCUT2D eigenvalue weighted by atomic mass is 16.5. The smallest absolute Gasteiger partial charge is 0.142 e. The van der Waals surface area contributed by atoms with Gasteiger partial charge in [0, 0.05) is 6.07 Å². The molecule has 1 heterocycles. The Morgan fingerprint density at radius 1 is 0.952 bits per heavy atom. The molecule has 0 bridgehead atoms. The summed E-state index contributed by atoms with van der Waals surface area (Å²) in [5.41, 5.74) is 5.41. The van der Waals surface area contributed by atoms with E-state index in [-0.39, 0.29) is 0 Å². The van der Waals surface area contributed by atoms with Crippen LogP contribution in [0.4, 0.5) is 0 Å². The van der Waals surface area contributed by atoms with E-state index in [4.69, 9.17) is 9.47 Å². The minimum Gasteiger partial charge on any atom is -0.497 e. The molecule has 1 N–H and O–H groups in total. The van der Waals surface area contributed by atoms with E-state index >= 15 is 0 Å². The molecule has 0 unspecified atom stereocenters. The van der Waals surface area contributed by atoms with Crippen molar-refractivity contribution < 1.29 is 9.47 Å². The van der Waals surface area contributed by atoms with Crippen LogP contribution in [0.2, 0.25) is 0 Å². The Labute approximate surface area is 123 Å². The Morgan fingerprint density at radius 2 is 1.71 bits per heavy atom. The Kier molecular flexibility index (Phi) is 3.29. The van der Waals surface area contributed by atoms with E-state index in [0.29, 0.717) is 0 Å². The van der Waals surface area contributed by atoms with Crippen molar-refractivity contribution in [3.63, 3.8) is 0 Å². The first kappa shape index (κ1) is 13.5. The molecule has 21 heavy (non-hydrogen) atoms. The van der Waals surface area contributed by atoms with Crippen molar-refractivity contribution in [2.24, 2.45) is 0 Å². The van der Waals surface area contributed by atoms with Crippen LogP contribution in [0.5, 0.6) is 11.5 Å². The monoisotopic (exact) mass is 282 g/mol. The van der Waals surface area contributed by atoms with Crippen LogP contribution < -0.4 is 9.47 Å². The minimum absolute atomic E-state index is 0.738. The highest BCUT2D eigenvalue weighted by Crippen LogP contribution is 2.33. The second kappa shape index (κ2) is 5.13. The third kappa shape index (κ3) is 2.33. The summed E-state index contributed by atoms with van der Waals surface area (Å²) in [7, 11) is 3.29. The molecule has 3 rings (SSSR count). The number of aromatic amines is 1. The zero-order chi connectivity index (χ0) is 15.0. The predicted octanol–water partition coefficient (Wildman–Crippen LogP) is 3.86. The van der Waals surface area contributed by atoms with E-state index in [1.165, 1.54) is 11.1 Å². The summed E-state index contributed by atoms with van der Waals surface area (Å²) < 4.78 is 10.7. The van der Waals surface area contributed by atoms with Gasteiger partial charge in [0.05, 0.1) is 30.8 Å². The fourth-order valence-electron chi connectivity index (χ4n) is 2.39. The van der Waals surface area contributed by atoms with Gasteiger partial charge in [-0.15, -0.1) is 0 Å². The quantitative estimate of drug-likeness (QED) is 0.793. The number of methoxy groups -OCH3 is 2. The molecule has 0 amide bonds. The van der Waals surface area contributed by atoms with Crippen LogP contribution >= 0.6 is 0 Å². The highest BCUT2D eigenvalue weighted by molar-refractivity contribution is 5.82. The van der Waals surface area contributed by atoms with Gasteiger partial charge in [0.25, 0.3) is 0 Å². The Bertz CT molecular complexity index is 767. The summed E-state index contributed by atoms with van der Waals surface area (Å²) in [6, 6.07) is 9.94. The van der Waals surface area contributed by atoms with Crippen molar-refractivity contribution in [1.82, 2.24) is 9.97 Å². The zero-order valence-electron chi connectivity index (χ0n) is 12.7. The molecule has 0 radical (unpaired) electrons. The normalized spacial score (nSPS) is 10.9. The van der Waals surface area contributed by atoms with Crippen LogP contribution in [0, 0.1) is 13.8 Å². The van der Waals surface area contributed by atoms with Gasteiger partial charge >= 0.3 is 0 Å². The number of imidazole rings is 1. The molecule has 0 saturated carbocycles. The molecule has 108 valence electrons. The lowest BCUT2D eigenvalue weighted by Crippen LogP contribution is -1.91. The predicted molar refractivity (Wildman–Crippen MR) is 84.1 cm³/mol. The fourth-order valence-corrected chi connectivity index (χ4v) is 2.39. The molecule has 0 fully saturated rings. The third-order valence-corrected chi connectivity index (χ3v) is 3.76. The maximum atomic E-state index is 5.45. The Morgan fingerprint density at radius 3 is 2.43 bits per heavy atom. The number of fused-ring (bicyclic) bond motifs is 1. The van der Waals surface area contributed by atoms with E-state index in [2.05, 4.69) is 35.9 Å². The number of hydrogen-bond donors (Lipinski definition) is 1. The van der Waals surface area contributed by atoms with Gasteiger partial charge in [-0.25, -0.2) is 4.98 Å². The van der Waals surface area contributed by atoms with E-state index in [9.17, 15) is 0 Å². The summed E-state index contributed by atoms with van der Waals surface area (Å²) in [6.07, 6.45) is 0. The fraction of sp³-hybridized carbons (Fsp3) is 0.235. The number of H-pyrrole nitrogens is 1. The van der Waals surface area contributed by atoms with Gasteiger partial charge in [0.2, 0.25) is 0 Å². The average Bonchev–Trinajstić information content (AvgIpc) is 2.89. The molecule has 2 aromatic carbocycles. The lowest BCUT2D eigenvalue weighted by Gasteiger charge is -2.08. The first-order valence-corrected chi connectivity index (χ1v) is 6.81. The largest absolute Gasteiger partial charge is 0.497 e. The molecular formula is C17H18N2O2. The number of benzene rings is 2. The second-order valence-corrected chi connectivity index (χ2v) is 5.11. The molecule has 0 atom stereocenters. The molecule has 1 aromatic heterocycles. The number of aryl methyl sites for hydroxylation is 2. The molecule has 0 spiro atoms. The van der Waals surface area contributed by atoms with Crippen molar-refractivity contribution >= 4 is 11.0 Å². The topological polar surface area (TPSA) is 47.1 Å². The van der Waals surface area contributed by atoms with Crippen molar-refractivity contribution in [2.45, 2.75) is 13.8 Å². The summed E-state index contributed by atoms with van der Waals surface area (Å²) in [6.45, 7) is 4.19. The highest BCUT2D eigenvalue weighted by Gasteiger charge is 2.12. The first-order valence-electron chi connectivity index (χ1n) is 6.81. The van der Waals surface area contributed by atoms with Crippen LogP contribution in [-0.4, -0.2) is 24.2 Å². The van der Waals surface area contributed by atoms with E-state index in [0.717, 1.165) is 33.9 Å². The summed E-state index contributed by atoms with van der Waals surface area (Å²) >= 11 is 0. The van der Waals surface area contributed by atoms with Crippen LogP contribution in [0.3, 0.4) is 0 Å². The number of nitrogens with one attached hydrogen (secondary N) is 1. The standard InChI is InChI=1S/C17H18N2O2/c1-10-7-14-15(8-11(10)2)19-17(18-14)13-6-5-12(20-3)9-16(13)21-4/h5-9H,1-4H3,(H,18,19). The minimum atomic E-state index is 0.738. The Balaban J connectivity index is 2.16. The van der Waals surface area contributed by atoms with E-state index in [1.807, 2.05) is 18.2 Å². The van der Waals surface area contributed by atoms with Crippen LogP contribution in [0.25, 0.3) is 22.4 Å². The summed E-state index contributed by atoms with van der Waals surface area (Å²) in [5, 5.41) is 0. The van der Waals surface area contributed by atoms with Crippen molar-refractivity contribution in [2.75, 3.05) is 14.2 Å². The van der Waals surface area contributed by atoms with E-state index < -0.39 is 0 Å². The van der Waals surface area contributed by atoms with Gasteiger partial charge in [-0.1, -0.05) is 0 Å². The zero-order valence-corrected chi connectivity index (χ0v) is 12.7. The lowest BCUT2D eigenvalue weighted by molar-refractivity contribution is 0.395. The Hall–Kier alpha value is -2.49. The van der Waals surface area contributed by atoms with Crippen LogP contribution in [0.1, 0.15) is 11.1 Å². The van der Waals surface area contributed by atoms with Gasteiger partial charge < -0.3 is 14.5 Å². The van der Waals surface area contributed by atoms with Crippen LogP contribution in [-0.2, 0) is 0 Å². The summed E-state index contributed by atoms with van der Waals surface area (Å²) in [4.78, 5) is 8.03. The van der Waals surface area contributed by atoms with Gasteiger partial charge in [-0.3, -0.25) is 0 Å². The number of hydrogen-bond acceptors (Lipinski definition) is 3. The van der Waals surface area contributed by atoms with E-state index in [1.54, 1.807) is 14.2 Å². The molecular weight excluding hydrogens is 264 g/mol. The van der Waals surface area contributed by atoms with Gasteiger partial charge in [-0.2, -0.15) is 0 Å². The number of nitrogens with zero attached hydrogens (tertiary/aromatic N) is 1. The number of aromatic nitrogens is 2. The van der Waals surface area contributed by atoms with Crippen molar-refractivity contribution in [3.05, 3.63) is 41.5 Å². The lowest BCUT2D eigenvalue weighted by atomic mass is 10.1. The molecule has 0 aliphatic heterocycles. The molecule has 0 aliphatic rings. The number of ether oxygens (including phenoxy) is 2. The molecule has 4 nitrogen and oxygen atoms in total. The maximum absolute atomic E-state index is 5.45. The van der Waals surface area contributed by atoms with Crippen LogP contribution in [0.15, 0.2) is 30.3 Å². The van der Waals surface area contributed by atoms with Gasteiger partial charge in [-0.05, 0) is 49.2 Å². The molecule has 3 aromatic rings. The first-order chi connectivity index (χ1) is 10.1. The van der Waals surface area contributed by atoms with Gasteiger partial charge in [0.1, 0.15) is 17.3 Å². The SMILES string of the molecule is COc1ccc(-c2nc3cc(C)c(C)cc3[nH]2)c(OC)c1. The molecule has 4 heteroatoms. The molecule has 0 aliphatic carbocycles. The van der Waals surface area contributed by atoms with Gasteiger partial charge in [0.15, 0.2) is 0 Å². The molecule has 0 saturated heterocycles. The van der Waals surface area contributed by atoms with Crippen molar-refractivity contribution in [1.29, 1.82) is 0 Å². The second-order valence-electron chi connectivity index (χ2n) is 5.11. The summed E-state index contributed by atoms with van der Waals surface area (Å²) in [5.74, 6) is 2.30.